The van der Waals surface area contributed by atoms with E-state index in [9.17, 15) is 4.79 Å². The normalized spacial score (nSPS) is 11.8. The number of carbonyl (C=O) groups is 1. The number of benzene rings is 3. The van der Waals surface area contributed by atoms with E-state index in [1.54, 1.807) is 6.92 Å². The first-order valence-corrected chi connectivity index (χ1v) is 9.33. The summed E-state index contributed by atoms with van der Waals surface area (Å²) in [6.45, 7) is 3.28. The topological polar surface area (TPSA) is 41.6 Å². The molecule has 0 saturated heterocycles. The van der Waals surface area contributed by atoms with E-state index in [2.05, 4.69) is 35.5 Å². The van der Waals surface area contributed by atoms with Crippen molar-refractivity contribution in [3.8, 4) is 5.75 Å². The Balaban J connectivity index is 1.43. The van der Waals surface area contributed by atoms with Crippen LogP contribution >= 0.6 is 0 Å². The van der Waals surface area contributed by atoms with Crippen LogP contribution in [0.15, 0.2) is 72.8 Å². The van der Waals surface area contributed by atoms with Gasteiger partial charge in [0.05, 0.1) is 0 Å². The molecule has 140 valence electrons. The van der Waals surface area contributed by atoms with Gasteiger partial charge in [-0.2, -0.15) is 0 Å². The molecule has 4 heteroatoms. The lowest BCUT2D eigenvalue weighted by atomic mass is 10.1. The molecular formula is C23H26N2O2. The molecule has 3 rings (SSSR count). The summed E-state index contributed by atoms with van der Waals surface area (Å²) >= 11 is 0. The van der Waals surface area contributed by atoms with Crippen molar-refractivity contribution in [1.82, 2.24) is 5.32 Å². The number of hydrogen-bond acceptors (Lipinski definition) is 3. The van der Waals surface area contributed by atoms with Gasteiger partial charge in [-0.25, -0.2) is 0 Å². The van der Waals surface area contributed by atoms with Crippen molar-refractivity contribution >= 4 is 22.4 Å². The summed E-state index contributed by atoms with van der Waals surface area (Å²) in [4.78, 5) is 14.5. The van der Waals surface area contributed by atoms with Crippen LogP contribution < -0.4 is 15.0 Å². The van der Waals surface area contributed by atoms with Crippen LogP contribution in [0.25, 0.3) is 10.8 Å². The van der Waals surface area contributed by atoms with Crippen LogP contribution in [0.2, 0.25) is 0 Å². The molecule has 0 aliphatic rings. The van der Waals surface area contributed by atoms with Gasteiger partial charge in [0.15, 0.2) is 6.10 Å². The maximum Gasteiger partial charge on any atom is 0.260 e. The highest BCUT2D eigenvalue weighted by molar-refractivity contribution is 5.84. The molecule has 0 heterocycles. The van der Waals surface area contributed by atoms with Crippen LogP contribution in [0, 0.1) is 0 Å². The quantitative estimate of drug-likeness (QED) is 0.609. The largest absolute Gasteiger partial charge is 0.481 e. The van der Waals surface area contributed by atoms with E-state index in [0.29, 0.717) is 12.3 Å². The minimum Gasteiger partial charge on any atom is -0.481 e. The minimum atomic E-state index is -0.530. The van der Waals surface area contributed by atoms with Crippen LogP contribution in [0.1, 0.15) is 13.3 Å². The average Bonchev–Trinajstić information content (AvgIpc) is 2.71. The Morgan fingerprint density at radius 2 is 1.70 bits per heavy atom. The lowest BCUT2D eigenvalue weighted by molar-refractivity contribution is -0.127. The highest BCUT2D eigenvalue weighted by Crippen LogP contribution is 2.21. The number of carbonyl (C=O) groups excluding carboxylic acids is 1. The molecule has 0 aromatic heterocycles. The van der Waals surface area contributed by atoms with Gasteiger partial charge in [0.25, 0.3) is 5.91 Å². The van der Waals surface area contributed by atoms with Crippen molar-refractivity contribution in [2.45, 2.75) is 19.4 Å². The van der Waals surface area contributed by atoms with E-state index in [1.165, 1.54) is 5.69 Å². The maximum atomic E-state index is 12.3. The molecule has 0 saturated carbocycles. The fraction of sp³-hybridized carbons (Fsp3) is 0.261. The molecule has 0 radical (unpaired) electrons. The van der Waals surface area contributed by atoms with Crippen LogP contribution in [0.4, 0.5) is 5.69 Å². The number of hydrogen-bond donors (Lipinski definition) is 1. The van der Waals surface area contributed by atoms with Crippen molar-refractivity contribution in [3.05, 3.63) is 72.8 Å². The fourth-order valence-electron chi connectivity index (χ4n) is 2.98. The van der Waals surface area contributed by atoms with Gasteiger partial charge in [-0.1, -0.05) is 48.5 Å². The number of nitrogens with zero attached hydrogens (tertiary/aromatic N) is 1. The third-order valence-electron chi connectivity index (χ3n) is 4.57. The van der Waals surface area contributed by atoms with Gasteiger partial charge < -0.3 is 15.0 Å². The second-order valence-electron chi connectivity index (χ2n) is 6.67. The molecule has 27 heavy (non-hydrogen) atoms. The second-order valence-corrected chi connectivity index (χ2v) is 6.67. The first-order valence-electron chi connectivity index (χ1n) is 9.33. The third-order valence-corrected chi connectivity index (χ3v) is 4.57. The van der Waals surface area contributed by atoms with E-state index in [0.717, 1.165) is 23.7 Å². The molecule has 0 unspecified atom stereocenters. The van der Waals surface area contributed by atoms with Gasteiger partial charge in [-0.05, 0) is 48.4 Å². The van der Waals surface area contributed by atoms with Crippen molar-refractivity contribution in [3.63, 3.8) is 0 Å². The summed E-state index contributed by atoms with van der Waals surface area (Å²) in [5.41, 5.74) is 1.18. The second kappa shape index (κ2) is 9.08. The number of amides is 1. The van der Waals surface area contributed by atoms with Gasteiger partial charge in [0.2, 0.25) is 0 Å². The smallest absolute Gasteiger partial charge is 0.260 e. The standard InChI is InChI=1S/C23H26N2O2/c1-18(27-22-14-13-19-9-6-7-10-20(19)17-22)23(26)24-15-8-16-25(2)21-11-4-3-5-12-21/h3-7,9-14,17-18H,8,15-16H2,1-2H3,(H,24,26)/t18-/m0/s1. The Labute approximate surface area is 160 Å². The summed E-state index contributed by atoms with van der Waals surface area (Å²) in [5, 5.41) is 5.22. The number of fused-ring (bicyclic) bond motifs is 1. The maximum absolute atomic E-state index is 12.3. The Morgan fingerprint density at radius 1 is 1.00 bits per heavy atom. The zero-order valence-corrected chi connectivity index (χ0v) is 15.9. The Hall–Kier alpha value is -3.01. The summed E-state index contributed by atoms with van der Waals surface area (Å²) in [7, 11) is 2.06. The molecular weight excluding hydrogens is 336 g/mol. The number of anilines is 1. The molecule has 0 spiro atoms. The van der Waals surface area contributed by atoms with Gasteiger partial charge >= 0.3 is 0 Å². The first-order chi connectivity index (χ1) is 13.1. The monoisotopic (exact) mass is 362 g/mol. The highest BCUT2D eigenvalue weighted by Gasteiger charge is 2.14. The summed E-state index contributed by atoms with van der Waals surface area (Å²) < 4.78 is 5.81. The molecule has 1 N–H and O–H groups in total. The van der Waals surface area contributed by atoms with Crippen molar-refractivity contribution < 1.29 is 9.53 Å². The molecule has 3 aromatic carbocycles. The molecule has 0 bridgehead atoms. The third kappa shape index (κ3) is 5.23. The average molecular weight is 362 g/mol. The van der Waals surface area contributed by atoms with Gasteiger partial charge in [0, 0.05) is 25.8 Å². The van der Waals surface area contributed by atoms with Crippen molar-refractivity contribution in [2.75, 3.05) is 25.0 Å². The van der Waals surface area contributed by atoms with Crippen molar-refractivity contribution in [1.29, 1.82) is 0 Å². The number of nitrogens with one attached hydrogen (secondary N) is 1. The van der Waals surface area contributed by atoms with Gasteiger partial charge in [-0.15, -0.1) is 0 Å². The number of ether oxygens (including phenoxy) is 1. The van der Waals surface area contributed by atoms with Crippen molar-refractivity contribution in [2.24, 2.45) is 0 Å². The molecule has 4 nitrogen and oxygen atoms in total. The van der Waals surface area contributed by atoms with Gasteiger partial charge in [-0.3, -0.25) is 4.79 Å². The predicted octanol–water partition coefficient (Wildman–Crippen LogP) is 4.25. The minimum absolute atomic E-state index is 0.0921. The molecule has 1 amide bonds. The zero-order chi connectivity index (χ0) is 19.1. The van der Waals surface area contributed by atoms with Crippen LogP contribution in [0.5, 0.6) is 5.75 Å². The molecule has 1 atom stereocenters. The zero-order valence-electron chi connectivity index (χ0n) is 15.9. The summed E-state index contributed by atoms with van der Waals surface area (Å²) in [6, 6.07) is 24.2. The predicted molar refractivity (Wildman–Crippen MR) is 111 cm³/mol. The Morgan fingerprint density at radius 3 is 2.48 bits per heavy atom. The molecule has 0 aliphatic carbocycles. The summed E-state index contributed by atoms with van der Waals surface area (Å²) in [5.74, 6) is 0.616. The van der Waals surface area contributed by atoms with E-state index < -0.39 is 6.10 Å². The lowest BCUT2D eigenvalue weighted by Crippen LogP contribution is -2.37. The molecule has 0 fully saturated rings. The fourth-order valence-corrected chi connectivity index (χ4v) is 2.98. The van der Waals surface area contributed by atoms with E-state index in [1.807, 2.05) is 54.6 Å². The van der Waals surface area contributed by atoms with Crippen LogP contribution in [0.3, 0.4) is 0 Å². The number of rotatable bonds is 8. The van der Waals surface area contributed by atoms with Crippen LogP contribution in [-0.4, -0.2) is 32.1 Å². The van der Waals surface area contributed by atoms with E-state index >= 15 is 0 Å². The molecule has 3 aromatic rings. The Kier molecular flexibility index (Phi) is 6.31. The molecule has 0 aliphatic heterocycles. The van der Waals surface area contributed by atoms with Crippen LogP contribution in [-0.2, 0) is 4.79 Å². The lowest BCUT2D eigenvalue weighted by Gasteiger charge is -2.20. The SMILES string of the molecule is C[C@H](Oc1ccc2ccccc2c1)C(=O)NCCCN(C)c1ccccc1. The van der Waals surface area contributed by atoms with E-state index in [4.69, 9.17) is 4.74 Å². The van der Waals surface area contributed by atoms with E-state index in [-0.39, 0.29) is 5.91 Å². The highest BCUT2D eigenvalue weighted by atomic mass is 16.5. The first kappa shape index (κ1) is 18.8. The van der Waals surface area contributed by atoms with Gasteiger partial charge in [0.1, 0.15) is 5.75 Å². The Bertz CT molecular complexity index is 880. The summed E-state index contributed by atoms with van der Waals surface area (Å²) in [6.07, 6.45) is 0.345. The number of para-hydroxylation sites is 1.